The van der Waals surface area contributed by atoms with Gasteiger partial charge in [0.1, 0.15) is 5.67 Å². The molecule has 0 radical (unpaired) electrons. The molecule has 0 aliphatic carbocycles. The number of benzene rings is 1. The Morgan fingerprint density at radius 2 is 2.19 bits per heavy atom. The molecule has 1 atom stereocenters. The highest BCUT2D eigenvalue weighted by Crippen LogP contribution is 2.33. The van der Waals surface area contributed by atoms with Crippen molar-refractivity contribution >= 4 is 19.7 Å². The van der Waals surface area contributed by atoms with E-state index < -0.39 is 14.7 Å². The third kappa shape index (κ3) is 2.21. The summed E-state index contributed by atoms with van der Waals surface area (Å²) < 4.78 is 36.6. The van der Waals surface area contributed by atoms with E-state index in [1.165, 1.54) is 18.2 Å². The normalized spacial score (nSPS) is 25.9. The summed E-state index contributed by atoms with van der Waals surface area (Å²) in [5.74, 6) is 0. The molecule has 2 rings (SSSR count). The highest BCUT2D eigenvalue weighted by molar-refractivity contribution is 8.13. The Balaban J connectivity index is 2.44. The van der Waals surface area contributed by atoms with Crippen LogP contribution in [0.2, 0.25) is 0 Å². The molecular formula is C10H11ClFNO2S. The van der Waals surface area contributed by atoms with Gasteiger partial charge in [0.15, 0.2) is 0 Å². The van der Waals surface area contributed by atoms with Crippen molar-refractivity contribution in [2.75, 3.05) is 13.1 Å². The van der Waals surface area contributed by atoms with Gasteiger partial charge in [-0.1, -0.05) is 12.1 Å². The minimum Gasteiger partial charge on any atom is -0.313 e. The Morgan fingerprint density at radius 3 is 2.75 bits per heavy atom. The van der Waals surface area contributed by atoms with Crippen molar-refractivity contribution < 1.29 is 12.8 Å². The van der Waals surface area contributed by atoms with E-state index in [1.807, 2.05) is 0 Å². The van der Waals surface area contributed by atoms with Crippen LogP contribution in [0.5, 0.6) is 0 Å². The van der Waals surface area contributed by atoms with E-state index in [0.29, 0.717) is 18.5 Å². The van der Waals surface area contributed by atoms with E-state index in [1.54, 1.807) is 6.07 Å². The lowest BCUT2D eigenvalue weighted by Crippen LogP contribution is -2.23. The number of nitrogens with one attached hydrogen (secondary N) is 1. The summed E-state index contributed by atoms with van der Waals surface area (Å²) in [6, 6.07) is 5.75. The molecule has 1 aromatic carbocycles. The minimum absolute atomic E-state index is 0.0596. The molecule has 1 heterocycles. The van der Waals surface area contributed by atoms with Gasteiger partial charge >= 0.3 is 0 Å². The quantitative estimate of drug-likeness (QED) is 0.828. The van der Waals surface area contributed by atoms with Gasteiger partial charge in [-0.3, -0.25) is 0 Å². The number of alkyl halides is 1. The Kier molecular flexibility index (Phi) is 2.94. The van der Waals surface area contributed by atoms with Crippen LogP contribution in [0.15, 0.2) is 29.2 Å². The Hall–Kier alpha value is -0.650. The second-order valence-electron chi connectivity index (χ2n) is 3.86. The van der Waals surface area contributed by atoms with Gasteiger partial charge in [-0.25, -0.2) is 12.8 Å². The second kappa shape index (κ2) is 3.98. The van der Waals surface area contributed by atoms with Crippen LogP contribution in [-0.2, 0) is 14.7 Å². The molecule has 0 spiro atoms. The van der Waals surface area contributed by atoms with Crippen molar-refractivity contribution in [3.63, 3.8) is 0 Å². The minimum atomic E-state index is -3.80. The van der Waals surface area contributed by atoms with E-state index in [0.717, 1.165) is 0 Å². The molecule has 1 saturated heterocycles. The summed E-state index contributed by atoms with van der Waals surface area (Å²) in [6.45, 7) is 0.799. The fourth-order valence-corrected chi connectivity index (χ4v) is 2.63. The molecule has 1 fully saturated rings. The zero-order chi connectivity index (χ0) is 11.8. The first-order valence-corrected chi connectivity index (χ1v) is 7.18. The van der Waals surface area contributed by atoms with Crippen molar-refractivity contribution in [2.45, 2.75) is 17.0 Å². The molecule has 88 valence electrons. The lowest BCUT2D eigenvalue weighted by molar-refractivity contribution is 0.193. The summed E-state index contributed by atoms with van der Waals surface area (Å²) in [6.07, 6.45) is 0.346. The number of rotatable bonds is 2. The van der Waals surface area contributed by atoms with Gasteiger partial charge in [-0.2, -0.15) is 0 Å². The lowest BCUT2D eigenvalue weighted by atomic mass is 9.95. The molecule has 0 aromatic heterocycles. The molecule has 1 aliphatic heterocycles. The van der Waals surface area contributed by atoms with Gasteiger partial charge in [-0.05, 0) is 30.7 Å². The van der Waals surface area contributed by atoms with Crippen molar-refractivity contribution in [1.29, 1.82) is 0 Å². The Labute approximate surface area is 98.0 Å². The van der Waals surface area contributed by atoms with Crippen LogP contribution in [0.25, 0.3) is 0 Å². The van der Waals surface area contributed by atoms with Crippen molar-refractivity contribution in [2.24, 2.45) is 0 Å². The highest BCUT2D eigenvalue weighted by atomic mass is 35.7. The van der Waals surface area contributed by atoms with Crippen LogP contribution in [-0.4, -0.2) is 21.5 Å². The van der Waals surface area contributed by atoms with Gasteiger partial charge in [-0.15, -0.1) is 0 Å². The van der Waals surface area contributed by atoms with Crippen LogP contribution in [0.4, 0.5) is 4.39 Å². The zero-order valence-electron chi connectivity index (χ0n) is 8.41. The highest BCUT2D eigenvalue weighted by Gasteiger charge is 2.35. The molecule has 0 bridgehead atoms. The lowest BCUT2D eigenvalue weighted by Gasteiger charge is -2.18. The van der Waals surface area contributed by atoms with Gasteiger partial charge < -0.3 is 5.32 Å². The van der Waals surface area contributed by atoms with Crippen molar-refractivity contribution in [3.05, 3.63) is 29.8 Å². The first-order valence-electron chi connectivity index (χ1n) is 4.87. The summed E-state index contributed by atoms with van der Waals surface area (Å²) in [5, 5.41) is 2.91. The largest absolute Gasteiger partial charge is 0.313 e. The van der Waals surface area contributed by atoms with Crippen LogP contribution in [0.1, 0.15) is 12.0 Å². The zero-order valence-corrected chi connectivity index (χ0v) is 9.98. The predicted octanol–water partition coefficient (Wildman–Crippen LogP) is 1.77. The molecule has 16 heavy (non-hydrogen) atoms. The van der Waals surface area contributed by atoms with E-state index >= 15 is 0 Å². The topological polar surface area (TPSA) is 46.2 Å². The maximum atomic E-state index is 14.3. The first-order chi connectivity index (χ1) is 7.42. The monoisotopic (exact) mass is 263 g/mol. The molecule has 6 heteroatoms. The summed E-state index contributed by atoms with van der Waals surface area (Å²) in [4.78, 5) is -0.0596. The fourth-order valence-electron chi connectivity index (χ4n) is 1.83. The summed E-state index contributed by atoms with van der Waals surface area (Å²) in [5.41, 5.74) is -1.13. The standard InChI is InChI=1S/C10H11ClFNO2S/c11-16(14,15)9-3-1-2-8(6-9)10(12)4-5-13-7-10/h1-3,6,13H,4-5,7H2. The summed E-state index contributed by atoms with van der Waals surface area (Å²) in [7, 11) is 1.42. The van der Waals surface area contributed by atoms with Gasteiger partial charge in [0.05, 0.1) is 4.90 Å². The second-order valence-corrected chi connectivity index (χ2v) is 6.42. The van der Waals surface area contributed by atoms with Crippen molar-refractivity contribution in [3.8, 4) is 0 Å². The van der Waals surface area contributed by atoms with Gasteiger partial charge in [0.25, 0.3) is 9.05 Å². The number of hydrogen-bond acceptors (Lipinski definition) is 3. The van der Waals surface area contributed by atoms with Crippen LogP contribution >= 0.6 is 10.7 Å². The fraction of sp³-hybridized carbons (Fsp3) is 0.400. The average Bonchev–Trinajstić information content (AvgIpc) is 2.66. The van der Waals surface area contributed by atoms with Gasteiger partial charge in [0, 0.05) is 17.2 Å². The van der Waals surface area contributed by atoms with Crippen molar-refractivity contribution in [1.82, 2.24) is 5.32 Å². The molecular weight excluding hydrogens is 253 g/mol. The molecule has 0 amide bonds. The molecule has 1 aromatic rings. The Morgan fingerprint density at radius 1 is 1.44 bits per heavy atom. The first kappa shape index (κ1) is 11.8. The van der Waals surface area contributed by atoms with Gasteiger partial charge in [0.2, 0.25) is 0 Å². The van der Waals surface area contributed by atoms with Crippen LogP contribution in [0.3, 0.4) is 0 Å². The predicted molar refractivity (Wildman–Crippen MR) is 59.8 cm³/mol. The van der Waals surface area contributed by atoms with E-state index in [9.17, 15) is 12.8 Å². The van der Waals surface area contributed by atoms with E-state index in [-0.39, 0.29) is 11.4 Å². The maximum Gasteiger partial charge on any atom is 0.261 e. The molecule has 1 unspecified atom stereocenters. The smallest absolute Gasteiger partial charge is 0.261 e. The molecule has 1 aliphatic rings. The SMILES string of the molecule is O=S(=O)(Cl)c1cccc(C2(F)CCNC2)c1. The van der Waals surface area contributed by atoms with Crippen LogP contribution in [0, 0.1) is 0 Å². The molecule has 0 saturated carbocycles. The average molecular weight is 264 g/mol. The summed E-state index contributed by atoms with van der Waals surface area (Å²) >= 11 is 0. The third-order valence-corrected chi connectivity index (χ3v) is 4.09. The molecule has 1 N–H and O–H groups in total. The van der Waals surface area contributed by atoms with Crippen LogP contribution < -0.4 is 5.32 Å². The third-order valence-electron chi connectivity index (χ3n) is 2.74. The number of hydrogen-bond donors (Lipinski definition) is 1. The van der Waals surface area contributed by atoms with E-state index in [2.05, 4.69) is 5.32 Å². The van der Waals surface area contributed by atoms with E-state index in [4.69, 9.17) is 10.7 Å². The molecule has 3 nitrogen and oxygen atoms in total. The Bertz CT molecular complexity index is 497. The maximum absolute atomic E-state index is 14.3. The number of halogens is 2.